The van der Waals surface area contributed by atoms with E-state index in [2.05, 4.69) is 5.32 Å². The fraction of sp³-hybridized carbons (Fsp3) is 0.579. The van der Waals surface area contributed by atoms with E-state index in [1.54, 1.807) is 24.3 Å². The summed E-state index contributed by atoms with van der Waals surface area (Å²) in [6.07, 6.45) is 6.08. The van der Waals surface area contributed by atoms with Crippen molar-refractivity contribution < 1.29 is 19.4 Å². The van der Waals surface area contributed by atoms with Gasteiger partial charge in [0.15, 0.2) is 5.78 Å². The van der Waals surface area contributed by atoms with Crippen molar-refractivity contribution in [3.8, 4) is 5.75 Å². The van der Waals surface area contributed by atoms with Gasteiger partial charge in [0.1, 0.15) is 5.75 Å². The third-order valence-electron chi connectivity index (χ3n) is 5.24. The van der Waals surface area contributed by atoms with Crippen molar-refractivity contribution in [3.63, 3.8) is 0 Å². The number of carbonyl (C=O) groups is 2. The van der Waals surface area contributed by atoms with Gasteiger partial charge >= 0.3 is 5.97 Å². The molecule has 1 aliphatic carbocycles. The van der Waals surface area contributed by atoms with Crippen molar-refractivity contribution in [2.45, 2.75) is 44.6 Å². The minimum Gasteiger partial charge on any atom is -0.493 e. The summed E-state index contributed by atoms with van der Waals surface area (Å²) in [5.41, 5.74) is 0.266. The van der Waals surface area contributed by atoms with E-state index in [-0.39, 0.29) is 17.5 Å². The zero-order valence-electron chi connectivity index (χ0n) is 13.9. The number of carboxylic acid groups (broad SMARTS) is 1. The molecule has 0 spiro atoms. The summed E-state index contributed by atoms with van der Waals surface area (Å²) < 4.78 is 5.79. The van der Waals surface area contributed by atoms with Crippen LogP contribution in [0.1, 0.15) is 48.9 Å². The molecule has 130 valence electrons. The summed E-state index contributed by atoms with van der Waals surface area (Å²) in [5, 5.41) is 12.2. The zero-order chi connectivity index (χ0) is 16.9. The van der Waals surface area contributed by atoms with E-state index in [4.69, 9.17) is 9.84 Å². The van der Waals surface area contributed by atoms with Crippen molar-refractivity contribution in [1.82, 2.24) is 5.32 Å². The second kappa shape index (κ2) is 7.79. The first-order valence-corrected chi connectivity index (χ1v) is 8.87. The Morgan fingerprint density at radius 2 is 1.79 bits per heavy atom. The van der Waals surface area contributed by atoms with Crippen molar-refractivity contribution in [1.29, 1.82) is 0 Å². The molecular formula is C19H25NO4. The summed E-state index contributed by atoms with van der Waals surface area (Å²) in [6, 6.07) is 6.61. The number of ketones is 1. The number of aromatic carboxylic acids is 1. The Balaban J connectivity index is 1.42. The molecule has 1 aromatic carbocycles. The van der Waals surface area contributed by atoms with E-state index in [0.717, 1.165) is 45.1 Å². The molecule has 5 nitrogen and oxygen atoms in total. The van der Waals surface area contributed by atoms with Crippen LogP contribution < -0.4 is 10.1 Å². The van der Waals surface area contributed by atoms with Gasteiger partial charge in [-0.2, -0.15) is 0 Å². The molecule has 0 aromatic heterocycles. The number of hydrogen-bond donors (Lipinski definition) is 2. The lowest BCUT2D eigenvalue weighted by Gasteiger charge is -2.29. The van der Waals surface area contributed by atoms with Crippen molar-refractivity contribution >= 4 is 11.8 Å². The average Bonchev–Trinajstić information content (AvgIpc) is 3.15. The first kappa shape index (κ1) is 17.0. The molecule has 1 saturated carbocycles. The van der Waals surface area contributed by atoms with Crippen LogP contribution in [0.2, 0.25) is 0 Å². The van der Waals surface area contributed by atoms with Gasteiger partial charge in [0, 0.05) is 5.92 Å². The molecule has 3 rings (SSSR count). The van der Waals surface area contributed by atoms with Crippen LogP contribution in [-0.2, 0) is 4.79 Å². The van der Waals surface area contributed by atoms with Gasteiger partial charge < -0.3 is 15.2 Å². The largest absolute Gasteiger partial charge is 0.493 e. The molecule has 0 bridgehead atoms. The zero-order valence-corrected chi connectivity index (χ0v) is 13.9. The van der Waals surface area contributed by atoms with Crippen LogP contribution in [0.3, 0.4) is 0 Å². The highest BCUT2D eigenvalue weighted by molar-refractivity contribution is 5.87. The standard InChI is InChI=1S/C19H25NO4/c21-18(17-2-1-11-20-17)14-5-3-13(4-6-14)12-24-16-9-7-15(8-10-16)19(22)23/h7-10,13-14,17,20H,1-6,11-12H2,(H,22,23). The highest BCUT2D eigenvalue weighted by atomic mass is 16.5. The predicted octanol–water partition coefficient (Wildman–Crippen LogP) is 2.89. The van der Waals surface area contributed by atoms with Gasteiger partial charge in [0.25, 0.3) is 0 Å². The van der Waals surface area contributed by atoms with Crippen LogP contribution in [0.5, 0.6) is 5.75 Å². The van der Waals surface area contributed by atoms with Gasteiger partial charge in [0.05, 0.1) is 18.2 Å². The number of hydrogen-bond acceptors (Lipinski definition) is 4. The van der Waals surface area contributed by atoms with Crippen molar-refractivity contribution in [2.24, 2.45) is 11.8 Å². The van der Waals surface area contributed by atoms with E-state index < -0.39 is 5.97 Å². The summed E-state index contributed by atoms with van der Waals surface area (Å²) in [6.45, 7) is 1.61. The number of nitrogens with one attached hydrogen (secondary N) is 1. The molecule has 1 aromatic rings. The van der Waals surface area contributed by atoms with Gasteiger partial charge in [0.2, 0.25) is 0 Å². The van der Waals surface area contributed by atoms with Crippen LogP contribution in [-0.4, -0.2) is 36.1 Å². The maximum atomic E-state index is 12.4. The van der Waals surface area contributed by atoms with E-state index in [1.807, 2.05) is 0 Å². The summed E-state index contributed by atoms with van der Waals surface area (Å²) in [4.78, 5) is 23.3. The van der Waals surface area contributed by atoms with E-state index >= 15 is 0 Å². The third kappa shape index (κ3) is 4.15. The first-order valence-electron chi connectivity index (χ1n) is 8.87. The monoisotopic (exact) mass is 331 g/mol. The normalized spacial score (nSPS) is 26.9. The molecule has 1 heterocycles. The lowest BCUT2D eigenvalue weighted by molar-refractivity contribution is -0.125. The van der Waals surface area contributed by atoms with Crippen LogP contribution in [0.15, 0.2) is 24.3 Å². The van der Waals surface area contributed by atoms with Crippen molar-refractivity contribution in [2.75, 3.05) is 13.2 Å². The number of benzene rings is 1. The molecule has 1 unspecified atom stereocenters. The first-order chi connectivity index (χ1) is 11.6. The van der Waals surface area contributed by atoms with Crippen molar-refractivity contribution in [3.05, 3.63) is 29.8 Å². The van der Waals surface area contributed by atoms with Gasteiger partial charge in [-0.05, 0) is 75.3 Å². The SMILES string of the molecule is O=C(O)c1ccc(OCC2CCC(C(=O)C3CCCN3)CC2)cc1. The number of carbonyl (C=O) groups excluding carboxylic acids is 1. The molecule has 0 radical (unpaired) electrons. The molecule has 2 fully saturated rings. The summed E-state index contributed by atoms with van der Waals surface area (Å²) >= 11 is 0. The number of Topliss-reactive ketones (excluding diaryl/α,β-unsaturated/α-hetero) is 1. The molecule has 1 saturated heterocycles. The van der Waals surface area contributed by atoms with Crippen LogP contribution in [0, 0.1) is 11.8 Å². The van der Waals surface area contributed by atoms with E-state index in [0.29, 0.717) is 24.1 Å². The fourth-order valence-electron chi connectivity index (χ4n) is 3.73. The molecule has 1 aliphatic heterocycles. The van der Waals surface area contributed by atoms with Gasteiger partial charge in [-0.25, -0.2) is 4.79 Å². The van der Waals surface area contributed by atoms with Gasteiger partial charge in [-0.3, -0.25) is 4.79 Å². The summed E-state index contributed by atoms with van der Waals surface area (Å²) in [5.74, 6) is 0.877. The van der Waals surface area contributed by atoms with Crippen LogP contribution >= 0.6 is 0 Å². The van der Waals surface area contributed by atoms with Gasteiger partial charge in [-0.15, -0.1) is 0 Å². The predicted molar refractivity (Wildman–Crippen MR) is 90.4 cm³/mol. The lowest BCUT2D eigenvalue weighted by atomic mass is 9.78. The maximum absolute atomic E-state index is 12.4. The highest BCUT2D eigenvalue weighted by Gasteiger charge is 2.32. The van der Waals surface area contributed by atoms with Gasteiger partial charge in [-0.1, -0.05) is 0 Å². The molecule has 2 aliphatic rings. The molecule has 24 heavy (non-hydrogen) atoms. The lowest BCUT2D eigenvalue weighted by Crippen LogP contribution is -2.37. The topological polar surface area (TPSA) is 75.6 Å². The molecule has 5 heteroatoms. The molecule has 1 atom stereocenters. The third-order valence-corrected chi connectivity index (χ3v) is 5.24. The Hall–Kier alpha value is -1.88. The minimum absolute atomic E-state index is 0.0931. The smallest absolute Gasteiger partial charge is 0.335 e. The fourth-order valence-corrected chi connectivity index (χ4v) is 3.73. The minimum atomic E-state index is -0.929. The average molecular weight is 331 g/mol. The molecule has 0 amide bonds. The number of ether oxygens (including phenoxy) is 1. The summed E-state index contributed by atoms with van der Waals surface area (Å²) in [7, 11) is 0. The Morgan fingerprint density at radius 1 is 1.08 bits per heavy atom. The van der Waals surface area contributed by atoms with Crippen LogP contribution in [0.4, 0.5) is 0 Å². The quantitative estimate of drug-likeness (QED) is 0.838. The molecular weight excluding hydrogens is 306 g/mol. The maximum Gasteiger partial charge on any atom is 0.335 e. The molecule has 2 N–H and O–H groups in total. The van der Waals surface area contributed by atoms with E-state index in [1.165, 1.54) is 0 Å². The second-order valence-corrected chi connectivity index (χ2v) is 6.91. The van der Waals surface area contributed by atoms with Crippen LogP contribution in [0.25, 0.3) is 0 Å². The van der Waals surface area contributed by atoms with E-state index in [9.17, 15) is 9.59 Å². The Labute approximate surface area is 142 Å². The Morgan fingerprint density at radius 3 is 2.38 bits per heavy atom. The Kier molecular flexibility index (Phi) is 5.51. The second-order valence-electron chi connectivity index (χ2n) is 6.91. The highest BCUT2D eigenvalue weighted by Crippen LogP contribution is 2.31. The number of carboxylic acids is 1. The Bertz CT molecular complexity index is 570. The number of rotatable bonds is 6.